The zero-order valence-electron chi connectivity index (χ0n) is 20.7. The van der Waals surface area contributed by atoms with E-state index in [1.807, 2.05) is 0 Å². The molecule has 0 aliphatic carbocycles. The summed E-state index contributed by atoms with van der Waals surface area (Å²) in [6, 6.07) is 11.9. The highest BCUT2D eigenvalue weighted by Crippen LogP contribution is 2.43. The van der Waals surface area contributed by atoms with Gasteiger partial charge in [-0.1, -0.05) is 17.7 Å². The molecular weight excluding hydrogens is 505 g/mol. The number of carbonyl (C=O) groups excluding carboxylic acids is 2. The first kappa shape index (κ1) is 28.1. The fraction of sp³-hybridized carbons (Fsp3) is 0.385. The lowest BCUT2D eigenvalue weighted by Gasteiger charge is -2.12. The van der Waals surface area contributed by atoms with Crippen LogP contribution in [0.25, 0.3) is 10.9 Å². The number of aliphatic hydroxyl groups is 1. The second-order valence-electron chi connectivity index (χ2n) is 8.35. The second-order valence-corrected chi connectivity index (χ2v) is 10.8. The van der Waals surface area contributed by atoms with Gasteiger partial charge in [0.2, 0.25) is 0 Å². The Bertz CT molecular complexity index is 1270. The minimum atomic E-state index is -3.03. The quantitative estimate of drug-likeness (QED) is 0.185. The monoisotopic (exact) mass is 535 g/mol. The maximum atomic E-state index is 13.3. The van der Waals surface area contributed by atoms with Crippen molar-refractivity contribution in [1.29, 1.82) is 0 Å². The predicted molar refractivity (Wildman–Crippen MR) is 139 cm³/mol. The average molecular weight is 536 g/mol. The fourth-order valence-electron chi connectivity index (χ4n) is 3.92. The molecule has 1 aromatic heterocycles. The van der Waals surface area contributed by atoms with E-state index in [4.69, 9.17) is 25.4 Å². The van der Waals surface area contributed by atoms with Crippen molar-refractivity contribution in [3.63, 3.8) is 0 Å². The summed E-state index contributed by atoms with van der Waals surface area (Å²) in [6.07, 6.45) is 1.08. The molecule has 0 amide bonds. The number of fused-ring (bicyclic) bond motifs is 1. The van der Waals surface area contributed by atoms with E-state index in [0.29, 0.717) is 57.8 Å². The van der Waals surface area contributed by atoms with E-state index >= 15 is 0 Å². The summed E-state index contributed by atoms with van der Waals surface area (Å²) in [6.45, 7) is 5.54. The number of benzene rings is 2. The van der Waals surface area contributed by atoms with Crippen LogP contribution in [-0.2, 0) is 36.2 Å². The summed E-state index contributed by atoms with van der Waals surface area (Å²) in [5.41, 5.74) is 3.07. The Labute approximate surface area is 215 Å². The van der Waals surface area contributed by atoms with Gasteiger partial charge in [-0.15, -0.1) is 0 Å². The number of nitrogens with zero attached hydrogens (tertiary/aromatic N) is 1. The molecule has 0 fully saturated rings. The molecule has 2 aromatic carbocycles. The number of ether oxygens (including phenoxy) is 1. The van der Waals surface area contributed by atoms with Crippen LogP contribution in [0.4, 0.5) is 0 Å². The molecule has 0 bridgehead atoms. The van der Waals surface area contributed by atoms with Gasteiger partial charge in [-0.2, -0.15) is 0 Å². The molecule has 10 heteroatoms. The number of halogens is 1. The number of esters is 1. The van der Waals surface area contributed by atoms with Crippen molar-refractivity contribution in [3.8, 4) is 0 Å². The lowest BCUT2D eigenvalue weighted by Crippen LogP contribution is -2.15. The zero-order chi connectivity index (χ0) is 26.3. The molecule has 3 rings (SSSR count). The Kier molecular flexibility index (Phi) is 9.88. The molecule has 0 saturated heterocycles. The smallest absolute Gasteiger partial charge is 0.327 e. The van der Waals surface area contributed by atoms with Crippen LogP contribution in [0.3, 0.4) is 0 Å². The summed E-state index contributed by atoms with van der Waals surface area (Å²) >= 11 is 5.97. The van der Waals surface area contributed by atoms with Gasteiger partial charge in [0.1, 0.15) is 0 Å². The van der Waals surface area contributed by atoms with Crippen molar-refractivity contribution >= 4 is 42.0 Å². The molecule has 0 aliphatic rings. The second kappa shape index (κ2) is 12.7. The SMILES string of the molecule is CCOP(C)(=O)OCCCCOC(=O)Cc1c(C)n(C(=O)c2ccc(Cl)cc2)c2ccc(CO)cc12. The number of aliphatic hydroxyl groups excluding tert-OH is 1. The zero-order valence-corrected chi connectivity index (χ0v) is 22.3. The van der Waals surface area contributed by atoms with Crippen molar-refractivity contribution in [2.24, 2.45) is 0 Å². The fourth-order valence-corrected chi connectivity index (χ4v) is 5.05. The highest BCUT2D eigenvalue weighted by molar-refractivity contribution is 7.52. The summed E-state index contributed by atoms with van der Waals surface area (Å²) in [4.78, 5) is 26.0. The number of rotatable bonds is 12. The Hall–Kier alpha value is -2.48. The van der Waals surface area contributed by atoms with Crippen LogP contribution < -0.4 is 0 Å². The van der Waals surface area contributed by atoms with Crippen molar-refractivity contribution in [2.75, 3.05) is 26.5 Å². The van der Waals surface area contributed by atoms with Crippen LogP contribution in [0.15, 0.2) is 42.5 Å². The van der Waals surface area contributed by atoms with Gasteiger partial charge in [-0.05, 0) is 74.2 Å². The molecular formula is C26H31ClNO7P. The van der Waals surface area contributed by atoms with Crippen LogP contribution in [0.5, 0.6) is 0 Å². The molecule has 0 spiro atoms. The van der Waals surface area contributed by atoms with Crippen LogP contribution in [0.2, 0.25) is 5.02 Å². The highest BCUT2D eigenvalue weighted by Gasteiger charge is 2.22. The molecule has 0 saturated carbocycles. The molecule has 1 N–H and O–H groups in total. The molecule has 1 heterocycles. The van der Waals surface area contributed by atoms with E-state index in [1.165, 1.54) is 6.66 Å². The first-order valence-corrected chi connectivity index (χ1v) is 14.1. The normalized spacial score (nSPS) is 13.0. The van der Waals surface area contributed by atoms with Crippen LogP contribution in [-0.4, -0.2) is 48.0 Å². The number of hydrogen-bond donors (Lipinski definition) is 1. The summed E-state index contributed by atoms with van der Waals surface area (Å²) in [5.74, 6) is -0.673. The van der Waals surface area contributed by atoms with Gasteiger partial charge in [0, 0.05) is 28.3 Å². The molecule has 1 unspecified atom stereocenters. The van der Waals surface area contributed by atoms with Gasteiger partial charge >= 0.3 is 13.6 Å². The third-order valence-corrected chi connectivity index (χ3v) is 7.32. The van der Waals surface area contributed by atoms with E-state index in [9.17, 15) is 19.3 Å². The number of hydrogen-bond acceptors (Lipinski definition) is 7. The van der Waals surface area contributed by atoms with Gasteiger partial charge in [-0.25, -0.2) is 0 Å². The topological polar surface area (TPSA) is 104 Å². The highest BCUT2D eigenvalue weighted by atomic mass is 35.5. The predicted octanol–water partition coefficient (Wildman–Crippen LogP) is 5.53. The van der Waals surface area contributed by atoms with Gasteiger partial charge < -0.3 is 18.9 Å². The maximum absolute atomic E-state index is 13.3. The average Bonchev–Trinajstić information content (AvgIpc) is 3.11. The molecule has 0 radical (unpaired) electrons. The molecule has 8 nitrogen and oxygen atoms in total. The van der Waals surface area contributed by atoms with Gasteiger partial charge in [0.05, 0.1) is 38.4 Å². The van der Waals surface area contributed by atoms with Crippen molar-refractivity contribution in [3.05, 3.63) is 69.9 Å². The third kappa shape index (κ3) is 7.05. The number of unbranched alkanes of at least 4 members (excludes halogenated alkanes) is 1. The molecule has 194 valence electrons. The Morgan fingerprint density at radius 2 is 1.75 bits per heavy atom. The van der Waals surface area contributed by atoms with Gasteiger partial charge in [0.25, 0.3) is 5.91 Å². The summed E-state index contributed by atoms with van der Waals surface area (Å²) < 4.78 is 29.2. The first-order chi connectivity index (χ1) is 17.2. The Balaban J connectivity index is 1.72. The van der Waals surface area contributed by atoms with Crippen LogP contribution in [0.1, 0.15) is 46.9 Å². The molecule has 36 heavy (non-hydrogen) atoms. The lowest BCUT2D eigenvalue weighted by atomic mass is 10.1. The molecule has 0 aliphatic heterocycles. The number of carbonyl (C=O) groups is 2. The van der Waals surface area contributed by atoms with Crippen molar-refractivity contribution < 1.29 is 33.0 Å². The van der Waals surface area contributed by atoms with E-state index in [0.717, 1.165) is 0 Å². The standard InChI is InChI=1S/C26H31ClNO7P/c1-4-34-36(3,32)35-14-6-5-13-33-25(30)16-22-18(2)28(24-12-7-19(17-29)15-23(22)24)26(31)20-8-10-21(27)11-9-20/h7-12,15,29H,4-6,13-14,16-17H2,1-3H3. The van der Waals surface area contributed by atoms with Gasteiger partial charge in [-0.3, -0.25) is 18.7 Å². The van der Waals surface area contributed by atoms with Crippen LogP contribution >= 0.6 is 19.2 Å². The Morgan fingerprint density at radius 1 is 1.06 bits per heavy atom. The van der Waals surface area contributed by atoms with E-state index in [-0.39, 0.29) is 32.1 Å². The minimum Gasteiger partial charge on any atom is -0.465 e. The van der Waals surface area contributed by atoms with E-state index < -0.39 is 13.6 Å². The van der Waals surface area contributed by atoms with E-state index in [2.05, 4.69) is 0 Å². The van der Waals surface area contributed by atoms with Crippen molar-refractivity contribution in [2.45, 2.75) is 39.7 Å². The van der Waals surface area contributed by atoms with Crippen molar-refractivity contribution in [1.82, 2.24) is 4.57 Å². The van der Waals surface area contributed by atoms with Gasteiger partial charge in [0.15, 0.2) is 0 Å². The van der Waals surface area contributed by atoms with Crippen LogP contribution in [0, 0.1) is 6.92 Å². The first-order valence-electron chi connectivity index (χ1n) is 11.7. The van der Waals surface area contributed by atoms with E-state index in [1.54, 1.807) is 60.9 Å². The summed E-state index contributed by atoms with van der Waals surface area (Å²) in [5, 5.41) is 10.9. The molecule has 1 atom stereocenters. The molecule has 3 aromatic rings. The third-order valence-electron chi connectivity index (χ3n) is 5.69. The lowest BCUT2D eigenvalue weighted by molar-refractivity contribution is -0.143. The minimum absolute atomic E-state index is 0.0247. The summed E-state index contributed by atoms with van der Waals surface area (Å²) in [7, 11) is -3.03. The maximum Gasteiger partial charge on any atom is 0.327 e. The largest absolute Gasteiger partial charge is 0.465 e. The Morgan fingerprint density at radius 3 is 2.42 bits per heavy atom. The number of aromatic nitrogens is 1.